The molecule has 3 rings (SSSR count). The molecule has 1 atom stereocenters. The van der Waals surface area contributed by atoms with Gasteiger partial charge in [-0.25, -0.2) is 19.6 Å². The van der Waals surface area contributed by atoms with Gasteiger partial charge in [0.25, 0.3) is 0 Å². The van der Waals surface area contributed by atoms with Gasteiger partial charge in [0.1, 0.15) is 23.3 Å². The Morgan fingerprint density at radius 1 is 1.29 bits per heavy atom. The van der Waals surface area contributed by atoms with Crippen molar-refractivity contribution in [2.45, 2.75) is 65.1 Å². The number of hydrogen-bond acceptors (Lipinski definition) is 6. The van der Waals surface area contributed by atoms with E-state index < -0.39 is 0 Å². The highest BCUT2D eigenvalue weighted by molar-refractivity contribution is 5.38. The van der Waals surface area contributed by atoms with Crippen LogP contribution in [-0.2, 0) is 29.7 Å². The first-order chi connectivity index (χ1) is 11.3. The van der Waals surface area contributed by atoms with Gasteiger partial charge in [-0.1, -0.05) is 20.8 Å². The average molecular weight is 330 g/mol. The second-order valence-corrected chi connectivity index (χ2v) is 7.39. The molecule has 0 aliphatic carbocycles. The molecule has 130 valence electrons. The molecular weight excluding hydrogens is 304 g/mol. The molecule has 1 aliphatic rings. The third-order valence-electron chi connectivity index (χ3n) is 4.06. The van der Waals surface area contributed by atoms with E-state index in [-0.39, 0.29) is 11.5 Å². The Balaban J connectivity index is 1.80. The largest absolute Gasteiger partial charge is 0.378 e. The molecule has 0 spiro atoms. The molecule has 0 bridgehead atoms. The van der Waals surface area contributed by atoms with Crippen molar-refractivity contribution in [3.05, 3.63) is 29.2 Å². The molecule has 1 unspecified atom stereocenters. The van der Waals surface area contributed by atoms with E-state index in [0.29, 0.717) is 6.61 Å². The van der Waals surface area contributed by atoms with Gasteiger partial charge in [0.05, 0.1) is 18.8 Å². The molecule has 0 fully saturated rings. The molecule has 3 heterocycles. The van der Waals surface area contributed by atoms with Gasteiger partial charge in [-0.2, -0.15) is 5.10 Å². The molecule has 24 heavy (non-hydrogen) atoms. The Hall–Kier alpha value is -2.02. The third-order valence-corrected chi connectivity index (χ3v) is 4.06. The Morgan fingerprint density at radius 2 is 2.08 bits per heavy atom. The van der Waals surface area contributed by atoms with Crippen LogP contribution in [0.5, 0.6) is 0 Å². The summed E-state index contributed by atoms with van der Waals surface area (Å²) in [5.74, 6) is 3.59. The van der Waals surface area contributed by atoms with E-state index >= 15 is 0 Å². The normalized spacial score (nSPS) is 17.6. The topological polar surface area (TPSA) is 77.8 Å². The van der Waals surface area contributed by atoms with Crippen LogP contribution in [0.1, 0.15) is 50.4 Å². The lowest BCUT2D eigenvalue weighted by Crippen LogP contribution is -2.32. The number of aromatic nitrogens is 5. The van der Waals surface area contributed by atoms with Crippen LogP contribution in [-0.4, -0.2) is 37.9 Å². The maximum absolute atomic E-state index is 5.25. The predicted molar refractivity (Wildman–Crippen MR) is 91.9 cm³/mol. The second kappa shape index (κ2) is 6.47. The van der Waals surface area contributed by atoms with Crippen LogP contribution in [0.25, 0.3) is 0 Å². The lowest BCUT2D eigenvalue weighted by atomic mass is 9.95. The van der Waals surface area contributed by atoms with E-state index in [0.717, 1.165) is 48.4 Å². The van der Waals surface area contributed by atoms with Crippen LogP contribution in [0.4, 0.5) is 5.82 Å². The number of nitrogens with one attached hydrogen (secondary N) is 1. The number of hydrogen-bond donors (Lipinski definition) is 1. The minimum atomic E-state index is -0.108. The van der Waals surface area contributed by atoms with Gasteiger partial charge in [-0.3, -0.25) is 0 Å². The minimum absolute atomic E-state index is 0.108. The Kier molecular flexibility index (Phi) is 4.54. The van der Waals surface area contributed by atoms with Gasteiger partial charge in [0.15, 0.2) is 0 Å². The summed E-state index contributed by atoms with van der Waals surface area (Å²) in [7, 11) is 1.68. The molecule has 2 aromatic rings. The van der Waals surface area contributed by atoms with E-state index in [1.165, 1.54) is 0 Å². The Morgan fingerprint density at radius 3 is 2.79 bits per heavy atom. The molecule has 2 aromatic heterocycles. The van der Waals surface area contributed by atoms with Crippen LogP contribution >= 0.6 is 0 Å². The highest BCUT2D eigenvalue weighted by Gasteiger charge is 2.23. The zero-order chi connectivity index (χ0) is 17.3. The molecule has 0 saturated heterocycles. The van der Waals surface area contributed by atoms with Crippen molar-refractivity contribution >= 4 is 5.82 Å². The summed E-state index contributed by atoms with van der Waals surface area (Å²) in [5.41, 5.74) is 0.788. The summed E-state index contributed by atoms with van der Waals surface area (Å²) in [6.07, 6.45) is 1.95. The molecule has 0 radical (unpaired) electrons. The van der Waals surface area contributed by atoms with Crippen LogP contribution in [0.15, 0.2) is 6.07 Å². The van der Waals surface area contributed by atoms with Crippen LogP contribution < -0.4 is 5.32 Å². The smallest absolute Gasteiger partial charge is 0.147 e. The number of fused-ring (bicyclic) bond motifs is 1. The van der Waals surface area contributed by atoms with Gasteiger partial charge in [0, 0.05) is 31.1 Å². The number of aryl methyl sites for hydroxylation is 2. The molecular formula is C17H26N6O. The highest BCUT2D eigenvalue weighted by atomic mass is 16.5. The van der Waals surface area contributed by atoms with Crippen molar-refractivity contribution in [1.29, 1.82) is 0 Å². The van der Waals surface area contributed by atoms with E-state index in [2.05, 4.69) is 41.2 Å². The molecule has 0 saturated carbocycles. The van der Waals surface area contributed by atoms with E-state index in [1.807, 2.05) is 17.7 Å². The summed E-state index contributed by atoms with van der Waals surface area (Å²) in [6.45, 7) is 9.59. The first-order valence-electron chi connectivity index (χ1n) is 8.39. The minimum Gasteiger partial charge on any atom is -0.378 e. The molecule has 1 N–H and O–H groups in total. The van der Waals surface area contributed by atoms with E-state index in [9.17, 15) is 0 Å². The van der Waals surface area contributed by atoms with Crippen molar-refractivity contribution in [2.75, 3.05) is 12.4 Å². The number of methoxy groups -OCH3 is 1. The third kappa shape index (κ3) is 3.72. The highest BCUT2D eigenvalue weighted by Crippen LogP contribution is 2.22. The zero-order valence-electron chi connectivity index (χ0n) is 15.1. The van der Waals surface area contributed by atoms with Gasteiger partial charge >= 0.3 is 0 Å². The number of nitrogens with zero attached hydrogens (tertiary/aromatic N) is 5. The quantitative estimate of drug-likeness (QED) is 0.926. The van der Waals surface area contributed by atoms with Gasteiger partial charge in [-0.15, -0.1) is 0 Å². The molecule has 0 aromatic carbocycles. The van der Waals surface area contributed by atoms with Crippen molar-refractivity contribution in [3.8, 4) is 0 Å². The SMILES string of the molecule is COCc1cc(NC2CCc3nc(C)nn3C2)nc(C(C)(C)C)n1. The Labute approximate surface area is 142 Å². The summed E-state index contributed by atoms with van der Waals surface area (Å²) >= 11 is 0. The number of anilines is 1. The fourth-order valence-electron chi connectivity index (χ4n) is 2.89. The second-order valence-electron chi connectivity index (χ2n) is 7.39. The van der Waals surface area contributed by atoms with Gasteiger partial charge < -0.3 is 10.1 Å². The molecule has 7 heteroatoms. The summed E-state index contributed by atoms with van der Waals surface area (Å²) in [5, 5.41) is 8.01. The number of ether oxygens (including phenoxy) is 1. The van der Waals surface area contributed by atoms with Gasteiger partial charge in [0.2, 0.25) is 0 Å². The first kappa shape index (κ1) is 16.8. The molecule has 0 amide bonds. The van der Waals surface area contributed by atoms with Crippen LogP contribution in [0.3, 0.4) is 0 Å². The summed E-state index contributed by atoms with van der Waals surface area (Å²) < 4.78 is 7.25. The fourth-order valence-corrected chi connectivity index (χ4v) is 2.89. The monoisotopic (exact) mass is 330 g/mol. The summed E-state index contributed by atoms with van der Waals surface area (Å²) in [4.78, 5) is 13.8. The first-order valence-corrected chi connectivity index (χ1v) is 8.39. The number of rotatable bonds is 4. The fraction of sp³-hybridized carbons (Fsp3) is 0.647. The van der Waals surface area contributed by atoms with Crippen molar-refractivity contribution in [2.24, 2.45) is 0 Å². The maximum Gasteiger partial charge on any atom is 0.147 e. The Bertz CT molecular complexity index is 718. The zero-order valence-corrected chi connectivity index (χ0v) is 15.1. The lowest BCUT2D eigenvalue weighted by Gasteiger charge is -2.25. The van der Waals surface area contributed by atoms with Crippen molar-refractivity contribution in [3.63, 3.8) is 0 Å². The van der Waals surface area contributed by atoms with E-state index in [1.54, 1.807) is 7.11 Å². The van der Waals surface area contributed by atoms with Crippen molar-refractivity contribution in [1.82, 2.24) is 24.7 Å². The maximum atomic E-state index is 5.25. The lowest BCUT2D eigenvalue weighted by molar-refractivity contribution is 0.181. The van der Waals surface area contributed by atoms with Crippen molar-refractivity contribution < 1.29 is 4.74 Å². The van der Waals surface area contributed by atoms with E-state index in [4.69, 9.17) is 9.72 Å². The predicted octanol–water partition coefficient (Wildman–Crippen LogP) is 2.25. The van der Waals surface area contributed by atoms with Crippen LogP contribution in [0, 0.1) is 6.92 Å². The molecule has 1 aliphatic heterocycles. The standard InChI is InChI=1S/C17H26N6O/c1-11-18-15-7-6-12(9-23(15)22-11)19-14-8-13(10-24-5)20-16(21-14)17(2,3)4/h8,12H,6-7,9-10H2,1-5H3,(H,19,20,21). The van der Waals surface area contributed by atoms with Crippen LogP contribution in [0.2, 0.25) is 0 Å². The molecule has 7 nitrogen and oxygen atoms in total. The summed E-state index contributed by atoms with van der Waals surface area (Å²) in [6, 6.07) is 2.26. The van der Waals surface area contributed by atoms with Gasteiger partial charge in [-0.05, 0) is 13.3 Å². The average Bonchev–Trinajstić information content (AvgIpc) is 2.86.